The molecule has 4 nitrogen and oxygen atoms in total. The lowest BCUT2D eigenvalue weighted by atomic mass is 10.3. The summed E-state index contributed by atoms with van der Waals surface area (Å²) in [6.07, 6.45) is 0. The van der Waals surface area contributed by atoms with E-state index in [9.17, 15) is 4.39 Å². The number of hydrogen-bond donors (Lipinski definition) is 1. The van der Waals surface area contributed by atoms with E-state index in [1.54, 1.807) is 6.07 Å². The van der Waals surface area contributed by atoms with Gasteiger partial charge >= 0.3 is 0 Å². The van der Waals surface area contributed by atoms with Gasteiger partial charge in [0.2, 0.25) is 0 Å². The van der Waals surface area contributed by atoms with E-state index in [1.165, 1.54) is 6.07 Å². The van der Waals surface area contributed by atoms with E-state index in [1.807, 2.05) is 10.7 Å². The van der Waals surface area contributed by atoms with E-state index < -0.39 is 0 Å². The molecule has 1 saturated heterocycles. The Hall–Kier alpha value is -1.40. The van der Waals surface area contributed by atoms with E-state index in [-0.39, 0.29) is 5.82 Å². The highest BCUT2D eigenvalue weighted by atomic mass is 32.1. The number of fused-ring (bicyclic) bond motifs is 1. The third-order valence-electron chi connectivity index (χ3n) is 2.91. The van der Waals surface area contributed by atoms with Crippen LogP contribution in [-0.2, 0) is 4.74 Å². The van der Waals surface area contributed by atoms with Crippen molar-refractivity contribution in [1.82, 2.24) is 9.66 Å². The van der Waals surface area contributed by atoms with Crippen LogP contribution in [0.2, 0.25) is 0 Å². The minimum absolute atomic E-state index is 0.277. The Morgan fingerprint density at radius 2 is 2.06 bits per heavy atom. The molecule has 0 atom stereocenters. The topological polar surface area (TPSA) is 33.2 Å². The second-order valence-corrected chi connectivity index (χ2v) is 4.33. The molecule has 17 heavy (non-hydrogen) atoms. The van der Waals surface area contributed by atoms with Crippen molar-refractivity contribution in [3.05, 3.63) is 28.8 Å². The normalized spacial score (nSPS) is 16.6. The van der Waals surface area contributed by atoms with Gasteiger partial charge in [-0.25, -0.2) is 9.07 Å². The van der Waals surface area contributed by atoms with Crippen LogP contribution in [0.1, 0.15) is 0 Å². The van der Waals surface area contributed by atoms with Crippen molar-refractivity contribution >= 4 is 23.3 Å². The number of benzene rings is 1. The van der Waals surface area contributed by atoms with Crippen molar-refractivity contribution in [2.75, 3.05) is 31.3 Å². The van der Waals surface area contributed by atoms with Gasteiger partial charge in [-0.1, -0.05) is 6.07 Å². The molecule has 1 aromatic carbocycles. The van der Waals surface area contributed by atoms with Crippen LogP contribution in [0.4, 0.5) is 4.39 Å². The second kappa shape index (κ2) is 4.12. The van der Waals surface area contributed by atoms with E-state index in [0.717, 1.165) is 18.6 Å². The zero-order chi connectivity index (χ0) is 11.8. The zero-order valence-corrected chi connectivity index (χ0v) is 9.97. The fourth-order valence-corrected chi connectivity index (χ4v) is 2.43. The molecule has 1 N–H and O–H groups in total. The summed E-state index contributed by atoms with van der Waals surface area (Å²) in [5.74, 6) is -0.277. The molecule has 1 aliphatic heterocycles. The van der Waals surface area contributed by atoms with Gasteiger partial charge in [0.15, 0.2) is 4.77 Å². The van der Waals surface area contributed by atoms with Gasteiger partial charge in [0.05, 0.1) is 31.8 Å². The number of aromatic amines is 1. The first kappa shape index (κ1) is 10.7. The molecule has 1 aromatic heterocycles. The van der Waals surface area contributed by atoms with E-state index in [2.05, 4.69) is 9.99 Å². The maximum absolute atomic E-state index is 13.6. The van der Waals surface area contributed by atoms with Crippen molar-refractivity contribution in [1.29, 1.82) is 0 Å². The predicted octanol–water partition coefficient (Wildman–Crippen LogP) is 1.81. The van der Waals surface area contributed by atoms with Crippen molar-refractivity contribution in [2.45, 2.75) is 0 Å². The summed E-state index contributed by atoms with van der Waals surface area (Å²) >= 11 is 5.25. The van der Waals surface area contributed by atoms with Crippen LogP contribution in [0.5, 0.6) is 0 Å². The molecular formula is C11H12FN3OS. The molecule has 0 radical (unpaired) electrons. The Bertz CT molecular complexity index is 600. The maximum Gasteiger partial charge on any atom is 0.197 e. The first-order valence-corrected chi connectivity index (χ1v) is 5.90. The van der Waals surface area contributed by atoms with Crippen LogP contribution in [0.3, 0.4) is 0 Å². The molecule has 90 valence electrons. The first-order chi connectivity index (χ1) is 8.27. The lowest BCUT2D eigenvalue weighted by molar-refractivity contribution is 0.111. The highest BCUT2D eigenvalue weighted by molar-refractivity contribution is 7.71. The molecule has 1 aliphatic rings. The molecule has 1 fully saturated rings. The number of halogens is 1. The lowest BCUT2D eigenvalue weighted by Gasteiger charge is -2.29. The summed E-state index contributed by atoms with van der Waals surface area (Å²) in [6, 6.07) is 4.98. The Balaban J connectivity index is 2.18. The number of ether oxygens (including phenoxy) is 1. The van der Waals surface area contributed by atoms with Crippen LogP contribution in [0.15, 0.2) is 18.2 Å². The smallest absolute Gasteiger partial charge is 0.197 e. The van der Waals surface area contributed by atoms with Crippen molar-refractivity contribution in [3.63, 3.8) is 0 Å². The van der Waals surface area contributed by atoms with Crippen molar-refractivity contribution in [3.8, 4) is 0 Å². The monoisotopic (exact) mass is 253 g/mol. The van der Waals surface area contributed by atoms with Crippen molar-refractivity contribution < 1.29 is 9.13 Å². The molecule has 2 heterocycles. The summed E-state index contributed by atoms with van der Waals surface area (Å²) in [6.45, 7) is 2.86. The van der Waals surface area contributed by atoms with Crippen LogP contribution < -0.4 is 5.01 Å². The SMILES string of the molecule is Fc1cccc2c1[nH]c(=S)n2N1CCOCC1. The molecule has 6 heteroatoms. The summed E-state index contributed by atoms with van der Waals surface area (Å²) in [5, 5.41) is 2.07. The summed E-state index contributed by atoms with van der Waals surface area (Å²) in [5.41, 5.74) is 1.24. The summed E-state index contributed by atoms with van der Waals surface area (Å²) in [4.78, 5) is 2.91. The van der Waals surface area contributed by atoms with Crippen LogP contribution in [-0.4, -0.2) is 36.0 Å². The number of morpholine rings is 1. The standard InChI is InChI=1S/C11H12FN3OS/c12-8-2-1-3-9-10(8)13-11(17)15(9)14-4-6-16-7-5-14/h1-3H,4-7H2,(H,13,17). The number of H-pyrrole nitrogens is 1. The van der Waals surface area contributed by atoms with Crippen LogP contribution in [0, 0.1) is 10.6 Å². The molecular weight excluding hydrogens is 241 g/mol. The fraction of sp³-hybridized carbons (Fsp3) is 0.364. The molecule has 0 spiro atoms. The number of hydrogen-bond acceptors (Lipinski definition) is 3. The Labute approximate surface area is 103 Å². The van der Waals surface area contributed by atoms with Gasteiger partial charge in [-0.05, 0) is 24.4 Å². The number of rotatable bonds is 1. The molecule has 2 aromatic rings. The number of para-hydroxylation sites is 1. The molecule has 0 unspecified atom stereocenters. The van der Waals surface area contributed by atoms with Gasteiger partial charge in [-0.2, -0.15) is 0 Å². The number of nitrogens with one attached hydrogen (secondary N) is 1. The van der Waals surface area contributed by atoms with Gasteiger partial charge < -0.3 is 14.7 Å². The minimum Gasteiger partial charge on any atom is -0.378 e. The molecule has 0 amide bonds. The molecule has 0 aliphatic carbocycles. The largest absolute Gasteiger partial charge is 0.378 e. The number of aromatic nitrogens is 2. The van der Waals surface area contributed by atoms with Crippen LogP contribution in [0.25, 0.3) is 11.0 Å². The highest BCUT2D eigenvalue weighted by Crippen LogP contribution is 2.18. The molecule has 3 rings (SSSR count). The average Bonchev–Trinajstić information content (AvgIpc) is 2.68. The summed E-state index contributed by atoms with van der Waals surface area (Å²) in [7, 11) is 0. The van der Waals surface area contributed by atoms with Gasteiger partial charge in [0.1, 0.15) is 11.3 Å². The lowest BCUT2D eigenvalue weighted by Crippen LogP contribution is -2.43. The molecule has 0 saturated carbocycles. The number of imidazole rings is 1. The summed E-state index contributed by atoms with van der Waals surface area (Å²) < 4.78 is 21.3. The van der Waals surface area contributed by atoms with Crippen molar-refractivity contribution in [2.24, 2.45) is 0 Å². The Morgan fingerprint density at radius 1 is 1.29 bits per heavy atom. The minimum atomic E-state index is -0.277. The van der Waals surface area contributed by atoms with Gasteiger partial charge in [-0.3, -0.25) is 0 Å². The van der Waals surface area contributed by atoms with E-state index >= 15 is 0 Å². The quantitative estimate of drug-likeness (QED) is 0.787. The van der Waals surface area contributed by atoms with Gasteiger partial charge in [-0.15, -0.1) is 0 Å². The average molecular weight is 253 g/mol. The Kier molecular flexibility index (Phi) is 2.60. The highest BCUT2D eigenvalue weighted by Gasteiger charge is 2.16. The van der Waals surface area contributed by atoms with Gasteiger partial charge in [0.25, 0.3) is 0 Å². The van der Waals surface area contributed by atoms with Gasteiger partial charge in [0, 0.05) is 0 Å². The Morgan fingerprint density at radius 3 is 2.82 bits per heavy atom. The van der Waals surface area contributed by atoms with E-state index in [0.29, 0.717) is 23.5 Å². The van der Waals surface area contributed by atoms with Crippen LogP contribution >= 0.6 is 12.2 Å². The van der Waals surface area contributed by atoms with E-state index in [4.69, 9.17) is 17.0 Å². The second-order valence-electron chi connectivity index (χ2n) is 3.94. The predicted molar refractivity (Wildman–Crippen MR) is 65.9 cm³/mol. The number of nitrogens with zero attached hydrogens (tertiary/aromatic N) is 2. The molecule has 0 bridgehead atoms. The third kappa shape index (κ3) is 1.73. The third-order valence-corrected chi connectivity index (χ3v) is 3.19. The first-order valence-electron chi connectivity index (χ1n) is 5.49. The zero-order valence-electron chi connectivity index (χ0n) is 9.15. The fourth-order valence-electron chi connectivity index (χ4n) is 2.12. The maximum atomic E-state index is 13.6.